The van der Waals surface area contributed by atoms with E-state index in [4.69, 9.17) is 21.6 Å². The summed E-state index contributed by atoms with van der Waals surface area (Å²) >= 11 is 5.67. The van der Waals surface area contributed by atoms with Crippen LogP contribution in [0.1, 0.15) is 15.9 Å². The Hall–Kier alpha value is -2.91. The Morgan fingerprint density at radius 1 is 1.24 bits per heavy atom. The summed E-state index contributed by atoms with van der Waals surface area (Å²) in [6.07, 6.45) is 0. The summed E-state index contributed by atoms with van der Waals surface area (Å²) in [6.45, 7) is 0. The third-order valence-corrected chi connectivity index (χ3v) is 2.89. The molecule has 0 aromatic heterocycles. The maximum Gasteiger partial charge on any atom is 0.343 e. The van der Waals surface area contributed by atoms with Gasteiger partial charge in [-0.25, -0.2) is 4.79 Å². The van der Waals surface area contributed by atoms with Crippen molar-refractivity contribution in [3.05, 3.63) is 68.7 Å². The molecule has 0 aliphatic rings. The molecule has 2 aromatic rings. The van der Waals surface area contributed by atoms with Crippen LogP contribution in [-0.2, 0) is 0 Å². The molecule has 0 bridgehead atoms. The Balaban J connectivity index is 2.22. The van der Waals surface area contributed by atoms with E-state index in [1.807, 2.05) is 6.07 Å². The van der Waals surface area contributed by atoms with Gasteiger partial charge in [0.2, 0.25) is 0 Å². The van der Waals surface area contributed by atoms with Crippen LogP contribution in [-0.4, -0.2) is 10.9 Å². The lowest BCUT2D eigenvalue weighted by Gasteiger charge is -2.04. The number of nitriles is 1. The number of rotatable bonds is 3. The second-order valence-corrected chi connectivity index (χ2v) is 4.36. The summed E-state index contributed by atoms with van der Waals surface area (Å²) in [5.41, 5.74) is 0.0679. The van der Waals surface area contributed by atoms with Gasteiger partial charge in [-0.2, -0.15) is 5.26 Å². The molecular formula is C14H7ClN2O4. The molecule has 0 unspecified atom stereocenters. The van der Waals surface area contributed by atoms with Gasteiger partial charge < -0.3 is 4.74 Å². The lowest BCUT2D eigenvalue weighted by molar-refractivity contribution is -0.384. The van der Waals surface area contributed by atoms with Gasteiger partial charge in [0.15, 0.2) is 0 Å². The molecule has 0 N–H and O–H groups in total. The number of nitro benzene ring substituents is 1. The van der Waals surface area contributed by atoms with E-state index >= 15 is 0 Å². The van der Waals surface area contributed by atoms with Crippen LogP contribution in [0.4, 0.5) is 5.69 Å². The van der Waals surface area contributed by atoms with Crippen molar-refractivity contribution < 1.29 is 14.5 Å². The second kappa shape index (κ2) is 6.03. The van der Waals surface area contributed by atoms with Crippen LogP contribution < -0.4 is 4.74 Å². The van der Waals surface area contributed by atoms with Crippen LogP contribution in [0, 0.1) is 21.4 Å². The van der Waals surface area contributed by atoms with E-state index in [9.17, 15) is 14.9 Å². The first-order chi connectivity index (χ1) is 10.0. The first-order valence-corrected chi connectivity index (χ1v) is 6.05. The van der Waals surface area contributed by atoms with Crippen molar-refractivity contribution in [2.45, 2.75) is 0 Å². The molecule has 0 aliphatic heterocycles. The highest BCUT2D eigenvalue weighted by Crippen LogP contribution is 2.25. The summed E-state index contributed by atoms with van der Waals surface area (Å²) in [6, 6.07) is 11.5. The van der Waals surface area contributed by atoms with Gasteiger partial charge in [0.25, 0.3) is 5.69 Å². The minimum atomic E-state index is -0.750. The number of nitro groups is 1. The average Bonchev–Trinajstić information content (AvgIpc) is 2.48. The number of carbonyl (C=O) groups excluding carboxylic acids is 1. The summed E-state index contributed by atoms with van der Waals surface area (Å²) in [5.74, 6) is -0.518. The summed E-state index contributed by atoms with van der Waals surface area (Å²) in [5, 5.41) is 19.4. The fourth-order valence-corrected chi connectivity index (χ4v) is 1.73. The maximum absolute atomic E-state index is 11.9. The number of carbonyl (C=O) groups is 1. The predicted octanol–water partition coefficient (Wildman–Crippen LogP) is 3.34. The number of halogens is 1. The van der Waals surface area contributed by atoms with Gasteiger partial charge in [-0.05, 0) is 36.4 Å². The third-order valence-electron chi connectivity index (χ3n) is 2.57. The minimum Gasteiger partial charge on any atom is -0.423 e. The SMILES string of the molecule is N#Cc1ccc(OC(=O)c2ccc(Cl)c([N+](=O)[O-])c2)cc1. The fourth-order valence-electron chi connectivity index (χ4n) is 1.54. The molecule has 2 aromatic carbocycles. The fraction of sp³-hybridized carbons (Fsp3) is 0. The normalized spacial score (nSPS) is 9.71. The van der Waals surface area contributed by atoms with E-state index in [0.717, 1.165) is 6.07 Å². The van der Waals surface area contributed by atoms with Crippen molar-refractivity contribution in [3.8, 4) is 11.8 Å². The monoisotopic (exact) mass is 302 g/mol. The molecule has 0 fully saturated rings. The number of hydrogen-bond donors (Lipinski definition) is 0. The van der Waals surface area contributed by atoms with E-state index in [1.54, 1.807) is 0 Å². The van der Waals surface area contributed by atoms with Gasteiger partial charge in [-0.1, -0.05) is 11.6 Å². The van der Waals surface area contributed by atoms with Gasteiger partial charge >= 0.3 is 5.97 Å². The van der Waals surface area contributed by atoms with Crippen molar-refractivity contribution in [2.24, 2.45) is 0 Å². The van der Waals surface area contributed by atoms with E-state index in [1.165, 1.54) is 36.4 Å². The highest BCUT2D eigenvalue weighted by Gasteiger charge is 2.17. The number of esters is 1. The molecule has 104 valence electrons. The molecule has 2 rings (SSSR count). The molecule has 21 heavy (non-hydrogen) atoms. The third kappa shape index (κ3) is 3.35. The Morgan fingerprint density at radius 3 is 2.48 bits per heavy atom. The maximum atomic E-state index is 11.9. The van der Waals surface area contributed by atoms with Crippen LogP contribution >= 0.6 is 11.6 Å². The van der Waals surface area contributed by atoms with Gasteiger partial charge in [-0.15, -0.1) is 0 Å². The van der Waals surface area contributed by atoms with Crippen molar-refractivity contribution in [3.63, 3.8) is 0 Å². The van der Waals surface area contributed by atoms with Gasteiger partial charge in [0.1, 0.15) is 10.8 Å². The average molecular weight is 303 g/mol. The zero-order chi connectivity index (χ0) is 15.4. The van der Waals surface area contributed by atoms with Crippen LogP contribution in [0.3, 0.4) is 0 Å². The molecule has 0 aliphatic carbocycles. The molecule has 0 radical (unpaired) electrons. The summed E-state index contributed by atoms with van der Waals surface area (Å²) in [7, 11) is 0. The quantitative estimate of drug-likeness (QED) is 0.375. The number of nitrogens with zero attached hydrogens (tertiary/aromatic N) is 2. The van der Waals surface area contributed by atoms with Crippen molar-refractivity contribution >= 4 is 23.3 Å². The molecule has 0 saturated heterocycles. The first-order valence-electron chi connectivity index (χ1n) is 5.67. The smallest absolute Gasteiger partial charge is 0.343 e. The Labute approximate surface area is 124 Å². The second-order valence-electron chi connectivity index (χ2n) is 3.95. The highest BCUT2D eigenvalue weighted by atomic mass is 35.5. The van der Waals surface area contributed by atoms with Crippen LogP contribution in [0.2, 0.25) is 5.02 Å². The molecule has 7 heteroatoms. The van der Waals surface area contributed by atoms with E-state index < -0.39 is 10.9 Å². The molecule has 0 amide bonds. The van der Waals surface area contributed by atoms with Crippen LogP contribution in [0.25, 0.3) is 0 Å². The summed E-state index contributed by atoms with van der Waals surface area (Å²) < 4.78 is 5.06. The van der Waals surface area contributed by atoms with Crippen molar-refractivity contribution in [2.75, 3.05) is 0 Å². The standard InChI is InChI=1S/C14H7ClN2O4/c15-12-6-3-10(7-13(12)17(19)20)14(18)21-11-4-1-9(8-16)2-5-11/h1-7H. The van der Waals surface area contributed by atoms with E-state index in [-0.39, 0.29) is 22.0 Å². The molecular weight excluding hydrogens is 296 g/mol. The van der Waals surface area contributed by atoms with Gasteiger partial charge in [0, 0.05) is 6.07 Å². The Kier molecular flexibility index (Phi) is 4.16. The first kappa shape index (κ1) is 14.5. The number of hydrogen-bond acceptors (Lipinski definition) is 5. The summed E-state index contributed by atoms with van der Waals surface area (Å²) in [4.78, 5) is 22.0. The number of ether oxygens (including phenoxy) is 1. The zero-order valence-corrected chi connectivity index (χ0v) is 11.2. The van der Waals surface area contributed by atoms with Crippen LogP contribution in [0.5, 0.6) is 5.75 Å². The Morgan fingerprint density at radius 2 is 1.90 bits per heavy atom. The lowest BCUT2D eigenvalue weighted by atomic mass is 10.2. The molecule has 0 spiro atoms. The predicted molar refractivity (Wildman–Crippen MR) is 74.2 cm³/mol. The minimum absolute atomic E-state index is 0.00968. The van der Waals surface area contributed by atoms with Gasteiger partial charge in [0.05, 0.1) is 22.1 Å². The topological polar surface area (TPSA) is 93.2 Å². The number of benzene rings is 2. The van der Waals surface area contributed by atoms with Crippen LogP contribution in [0.15, 0.2) is 42.5 Å². The Bertz CT molecular complexity index is 751. The van der Waals surface area contributed by atoms with E-state index in [2.05, 4.69) is 0 Å². The zero-order valence-electron chi connectivity index (χ0n) is 10.4. The largest absolute Gasteiger partial charge is 0.423 e. The van der Waals surface area contributed by atoms with Gasteiger partial charge in [-0.3, -0.25) is 10.1 Å². The molecule has 0 saturated carbocycles. The van der Waals surface area contributed by atoms with E-state index in [0.29, 0.717) is 5.56 Å². The molecule has 0 atom stereocenters. The van der Waals surface area contributed by atoms with Crippen molar-refractivity contribution in [1.29, 1.82) is 5.26 Å². The molecule has 0 heterocycles. The highest BCUT2D eigenvalue weighted by molar-refractivity contribution is 6.32. The molecule has 6 nitrogen and oxygen atoms in total. The lowest BCUT2D eigenvalue weighted by Crippen LogP contribution is -2.09. The van der Waals surface area contributed by atoms with Crippen molar-refractivity contribution in [1.82, 2.24) is 0 Å².